The van der Waals surface area contributed by atoms with E-state index in [4.69, 9.17) is 0 Å². The van der Waals surface area contributed by atoms with E-state index in [-0.39, 0.29) is 0 Å². The molecule has 0 aliphatic rings. The molecule has 1 unspecified atom stereocenters. The van der Waals surface area contributed by atoms with Gasteiger partial charge in [0.15, 0.2) is 0 Å². The third kappa shape index (κ3) is 6.12. The van der Waals surface area contributed by atoms with Crippen LogP contribution < -0.4 is 0 Å². The van der Waals surface area contributed by atoms with Crippen LogP contribution in [0.3, 0.4) is 0 Å². The number of hydrogen-bond acceptors (Lipinski definition) is 0. The largest absolute Gasteiger partial charge is 0.0654 e. The minimum Gasteiger partial charge on any atom is -0.0654 e. The number of rotatable bonds is 5. The molecule has 0 aromatic heterocycles. The Labute approximate surface area is 85.1 Å². The number of hydrogen-bond donors (Lipinski definition) is 0. The van der Waals surface area contributed by atoms with Crippen molar-refractivity contribution < 1.29 is 0 Å². The quantitative estimate of drug-likeness (QED) is 0.562. The molecular formula is C13H28. The van der Waals surface area contributed by atoms with Gasteiger partial charge in [0.05, 0.1) is 0 Å². The molecule has 0 aliphatic carbocycles. The molecule has 0 saturated heterocycles. The van der Waals surface area contributed by atoms with E-state index in [1.165, 1.54) is 32.1 Å². The van der Waals surface area contributed by atoms with Gasteiger partial charge in [-0.3, -0.25) is 0 Å². The monoisotopic (exact) mass is 184 g/mol. The molecule has 0 rings (SSSR count). The van der Waals surface area contributed by atoms with E-state index >= 15 is 0 Å². The standard InChI is InChI=1S/C13H28/c1-7-9-10-13(6,8-2)11-12(3,4)5/h7-11H2,1-6H3. The fourth-order valence-electron chi connectivity index (χ4n) is 2.27. The summed E-state index contributed by atoms with van der Waals surface area (Å²) in [5.74, 6) is 0. The molecule has 13 heavy (non-hydrogen) atoms. The van der Waals surface area contributed by atoms with Crippen molar-refractivity contribution in [3.8, 4) is 0 Å². The van der Waals surface area contributed by atoms with Crippen LogP contribution in [0.1, 0.15) is 73.6 Å². The molecule has 0 spiro atoms. The van der Waals surface area contributed by atoms with Crippen molar-refractivity contribution in [2.24, 2.45) is 10.8 Å². The van der Waals surface area contributed by atoms with Crippen LogP contribution in [0.25, 0.3) is 0 Å². The second-order valence-electron chi connectivity index (χ2n) is 6.01. The molecule has 1 atom stereocenters. The van der Waals surface area contributed by atoms with Gasteiger partial charge in [0.2, 0.25) is 0 Å². The highest BCUT2D eigenvalue weighted by Crippen LogP contribution is 2.39. The zero-order chi connectivity index (χ0) is 10.5. The van der Waals surface area contributed by atoms with Gasteiger partial charge in [0.1, 0.15) is 0 Å². The Morgan fingerprint density at radius 3 is 1.77 bits per heavy atom. The maximum Gasteiger partial charge on any atom is -0.0323 e. The summed E-state index contributed by atoms with van der Waals surface area (Å²) in [4.78, 5) is 0. The topological polar surface area (TPSA) is 0 Å². The molecule has 0 fully saturated rings. The third-order valence-corrected chi connectivity index (χ3v) is 2.94. The van der Waals surface area contributed by atoms with Crippen LogP contribution >= 0.6 is 0 Å². The summed E-state index contributed by atoms with van der Waals surface area (Å²) < 4.78 is 0. The Balaban J connectivity index is 4.11. The van der Waals surface area contributed by atoms with Gasteiger partial charge >= 0.3 is 0 Å². The first-order chi connectivity index (χ1) is 5.83. The van der Waals surface area contributed by atoms with Crippen molar-refractivity contribution in [2.45, 2.75) is 73.6 Å². The van der Waals surface area contributed by atoms with Crippen molar-refractivity contribution in [3.63, 3.8) is 0 Å². The fourth-order valence-corrected chi connectivity index (χ4v) is 2.27. The van der Waals surface area contributed by atoms with Crippen LogP contribution in [0.15, 0.2) is 0 Å². The molecule has 0 heteroatoms. The minimum absolute atomic E-state index is 0.485. The lowest BCUT2D eigenvalue weighted by molar-refractivity contribution is 0.167. The summed E-state index contributed by atoms with van der Waals surface area (Å²) in [6.07, 6.45) is 6.80. The van der Waals surface area contributed by atoms with Crippen LogP contribution in [0.4, 0.5) is 0 Å². The second kappa shape index (κ2) is 5.02. The van der Waals surface area contributed by atoms with Crippen molar-refractivity contribution in [3.05, 3.63) is 0 Å². The molecule has 0 amide bonds. The summed E-state index contributed by atoms with van der Waals surface area (Å²) in [7, 11) is 0. The lowest BCUT2D eigenvalue weighted by atomic mass is 9.71. The van der Waals surface area contributed by atoms with E-state index in [9.17, 15) is 0 Å². The number of unbranched alkanes of at least 4 members (excludes halogenated alkanes) is 1. The first-order valence-electron chi connectivity index (χ1n) is 5.83. The molecule has 0 saturated carbocycles. The Morgan fingerprint density at radius 1 is 0.923 bits per heavy atom. The van der Waals surface area contributed by atoms with E-state index in [1.807, 2.05) is 0 Å². The normalized spacial score (nSPS) is 17.1. The summed E-state index contributed by atoms with van der Waals surface area (Å²) >= 11 is 0. The summed E-state index contributed by atoms with van der Waals surface area (Å²) in [5.41, 5.74) is 1.06. The van der Waals surface area contributed by atoms with Gasteiger partial charge in [-0.1, -0.05) is 60.8 Å². The molecule has 0 N–H and O–H groups in total. The van der Waals surface area contributed by atoms with Gasteiger partial charge in [-0.05, 0) is 23.7 Å². The van der Waals surface area contributed by atoms with Crippen LogP contribution in [0.2, 0.25) is 0 Å². The molecule has 0 nitrogen and oxygen atoms in total. The van der Waals surface area contributed by atoms with Crippen LogP contribution in [-0.2, 0) is 0 Å². The zero-order valence-corrected chi connectivity index (χ0v) is 10.5. The van der Waals surface area contributed by atoms with Crippen molar-refractivity contribution in [1.29, 1.82) is 0 Å². The fraction of sp³-hybridized carbons (Fsp3) is 1.00. The Morgan fingerprint density at radius 2 is 1.46 bits per heavy atom. The minimum atomic E-state index is 0.485. The molecular weight excluding hydrogens is 156 g/mol. The van der Waals surface area contributed by atoms with Crippen molar-refractivity contribution in [1.82, 2.24) is 0 Å². The van der Waals surface area contributed by atoms with Gasteiger partial charge in [-0.2, -0.15) is 0 Å². The van der Waals surface area contributed by atoms with Gasteiger partial charge in [0.25, 0.3) is 0 Å². The van der Waals surface area contributed by atoms with E-state index < -0.39 is 0 Å². The summed E-state index contributed by atoms with van der Waals surface area (Å²) in [5, 5.41) is 0. The summed E-state index contributed by atoms with van der Waals surface area (Å²) in [6, 6.07) is 0. The van der Waals surface area contributed by atoms with Crippen LogP contribution in [0.5, 0.6) is 0 Å². The highest BCUT2D eigenvalue weighted by molar-refractivity contribution is 4.78. The first-order valence-corrected chi connectivity index (χ1v) is 5.83. The predicted octanol–water partition coefficient (Wildman–Crippen LogP) is 5.03. The SMILES string of the molecule is CCCCC(C)(CC)CC(C)(C)C. The molecule has 0 radical (unpaired) electrons. The molecule has 0 bridgehead atoms. The van der Waals surface area contributed by atoms with E-state index in [1.54, 1.807) is 0 Å². The maximum absolute atomic E-state index is 2.45. The lowest BCUT2D eigenvalue weighted by Gasteiger charge is -2.35. The maximum atomic E-state index is 2.45. The third-order valence-electron chi connectivity index (χ3n) is 2.94. The lowest BCUT2D eigenvalue weighted by Crippen LogP contribution is -2.23. The summed E-state index contributed by atoms with van der Waals surface area (Å²) in [6.45, 7) is 14.1. The average molecular weight is 184 g/mol. The molecule has 80 valence electrons. The molecule has 0 aromatic rings. The van der Waals surface area contributed by atoms with E-state index in [0.717, 1.165) is 0 Å². The van der Waals surface area contributed by atoms with E-state index in [0.29, 0.717) is 10.8 Å². The molecule has 0 aliphatic heterocycles. The van der Waals surface area contributed by atoms with Gasteiger partial charge in [-0.25, -0.2) is 0 Å². The smallest absolute Gasteiger partial charge is 0.0323 e. The Bertz CT molecular complexity index is 129. The molecule has 0 aromatic carbocycles. The van der Waals surface area contributed by atoms with Gasteiger partial charge in [0, 0.05) is 0 Å². The average Bonchev–Trinajstić information content (AvgIpc) is 1.98. The highest BCUT2D eigenvalue weighted by atomic mass is 14.3. The van der Waals surface area contributed by atoms with Crippen LogP contribution in [0, 0.1) is 10.8 Å². The van der Waals surface area contributed by atoms with Gasteiger partial charge in [-0.15, -0.1) is 0 Å². The Hall–Kier alpha value is 0. The first kappa shape index (κ1) is 13.0. The van der Waals surface area contributed by atoms with Crippen LogP contribution in [-0.4, -0.2) is 0 Å². The van der Waals surface area contributed by atoms with Gasteiger partial charge < -0.3 is 0 Å². The van der Waals surface area contributed by atoms with Crippen molar-refractivity contribution >= 4 is 0 Å². The predicted molar refractivity (Wildman–Crippen MR) is 62.0 cm³/mol. The second-order valence-corrected chi connectivity index (χ2v) is 6.01. The highest BCUT2D eigenvalue weighted by Gasteiger charge is 2.27. The molecule has 0 heterocycles. The zero-order valence-electron chi connectivity index (χ0n) is 10.5. The Kier molecular flexibility index (Phi) is 5.02. The van der Waals surface area contributed by atoms with Crippen molar-refractivity contribution in [2.75, 3.05) is 0 Å². The van der Waals surface area contributed by atoms with E-state index in [2.05, 4.69) is 41.5 Å².